The highest BCUT2D eigenvalue weighted by molar-refractivity contribution is 7.89. The number of hydrogen-bond donors (Lipinski definition) is 1. The molecular weight excluding hydrogens is 400 g/mol. The Bertz CT molecular complexity index is 933. The van der Waals surface area contributed by atoms with E-state index in [1.54, 1.807) is 34.6 Å². The van der Waals surface area contributed by atoms with Gasteiger partial charge in [-0.3, -0.25) is 4.79 Å². The number of rotatable bonds is 8. The number of nitrogens with one attached hydrogen (secondary N) is 1. The molecule has 160 valence electrons. The molecule has 1 heterocycles. The molecule has 3 rings (SSSR count). The lowest BCUT2D eigenvalue weighted by molar-refractivity contribution is -0.116. The van der Waals surface area contributed by atoms with Gasteiger partial charge in [0.15, 0.2) is 0 Å². The minimum absolute atomic E-state index is 0.229. The molecular formula is C23H28N2O4S. The van der Waals surface area contributed by atoms with Gasteiger partial charge in [-0.05, 0) is 48.7 Å². The molecule has 1 saturated heterocycles. The average Bonchev–Trinajstić information content (AvgIpc) is 3.07. The molecule has 30 heavy (non-hydrogen) atoms. The molecule has 1 N–H and O–H groups in total. The van der Waals surface area contributed by atoms with Gasteiger partial charge in [0.25, 0.3) is 0 Å². The van der Waals surface area contributed by atoms with Crippen molar-refractivity contribution in [2.24, 2.45) is 0 Å². The summed E-state index contributed by atoms with van der Waals surface area (Å²) in [5, 5.41) is 2.75. The lowest BCUT2D eigenvalue weighted by atomic mass is 10.2. The minimum Gasteiger partial charge on any atom is -0.492 e. The molecule has 2 aromatic carbocycles. The van der Waals surface area contributed by atoms with Crippen LogP contribution in [0.4, 0.5) is 0 Å². The maximum atomic E-state index is 12.8. The van der Waals surface area contributed by atoms with E-state index >= 15 is 0 Å². The fourth-order valence-electron chi connectivity index (χ4n) is 3.27. The van der Waals surface area contributed by atoms with Crippen molar-refractivity contribution in [2.45, 2.75) is 30.6 Å². The number of carbonyl (C=O) groups is 1. The van der Waals surface area contributed by atoms with Gasteiger partial charge in [-0.15, -0.1) is 0 Å². The number of carbonyl (C=O) groups excluding carboxylic acids is 1. The van der Waals surface area contributed by atoms with Gasteiger partial charge in [0.1, 0.15) is 12.4 Å². The maximum absolute atomic E-state index is 12.8. The largest absolute Gasteiger partial charge is 0.492 e. The van der Waals surface area contributed by atoms with Gasteiger partial charge in [-0.2, -0.15) is 4.31 Å². The highest BCUT2D eigenvalue weighted by Crippen LogP contribution is 2.21. The van der Waals surface area contributed by atoms with E-state index in [2.05, 4.69) is 5.32 Å². The normalized spacial score (nSPS) is 15.6. The van der Waals surface area contributed by atoms with Crippen LogP contribution in [0.1, 0.15) is 31.2 Å². The first-order chi connectivity index (χ1) is 14.6. The summed E-state index contributed by atoms with van der Waals surface area (Å²) in [5.41, 5.74) is 0.764. The van der Waals surface area contributed by atoms with Crippen molar-refractivity contribution in [3.05, 3.63) is 66.2 Å². The second-order valence-corrected chi connectivity index (χ2v) is 9.11. The summed E-state index contributed by atoms with van der Waals surface area (Å²) >= 11 is 0. The van der Waals surface area contributed by atoms with Crippen LogP contribution in [0.5, 0.6) is 5.75 Å². The van der Waals surface area contributed by atoms with E-state index in [4.69, 9.17) is 4.74 Å². The fourth-order valence-corrected chi connectivity index (χ4v) is 4.79. The van der Waals surface area contributed by atoms with E-state index in [1.165, 1.54) is 6.08 Å². The first kappa shape index (κ1) is 22.1. The number of para-hydroxylation sites is 1. The van der Waals surface area contributed by atoms with Crippen molar-refractivity contribution >= 4 is 22.0 Å². The van der Waals surface area contributed by atoms with Crippen molar-refractivity contribution in [3.63, 3.8) is 0 Å². The van der Waals surface area contributed by atoms with Crippen molar-refractivity contribution in [1.82, 2.24) is 9.62 Å². The summed E-state index contributed by atoms with van der Waals surface area (Å²) in [6.07, 6.45) is 7.07. The molecule has 7 heteroatoms. The number of amides is 1. The average molecular weight is 429 g/mol. The first-order valence-electron chi connectivity index (χ1n) is 10.3. The third kappa shape index (κ3) is 6.43. The van der Waals surface area contributed by atoms with Crippen LogP contribution in [0.2, 0.25) is 0 Å². The Kier molecular flexibility index (Phi) is 8.04. The Morgan fingerprint density at radius 2 is 1.63 bits per heavy atom. The zero-order valence-electron chi connectivity index (χ0n) is 17.0. The van der Waals surface area contributed by atoms with Gasteiger partial charge >= 0.3 is 0 Å². The van der Waals surface area contributed by atoms with Crippen LogP contribution >= 0.6 is 0 Å². The molecule has 0 aromatic heterocycles. The predicted molar refractivity (Wildman–Crippen MR) is 118 cm³/mol. The quantitative estimate of drug-likeness (QED) is 0.516. The topological polar surface area (TPSA) is 75.7 Å². The maximum Gasteiger partial charge on any atom is 0.244 e. The fraction of sp³-hybridized carbons (Fsp3) is 0.348. The molecule has 0 aliphatic carbocycles. The Balaban J connectivity index is 1.48. The van der Waals surface area contributed by atoms with Gasteiger partial charge in [0, 0.05) is 19.2 Å². The molecule has 1 amide bonds. The molecule has 0 saturated carbocycles. The predicted octanol–water partition coefficient (Wildman–Crippen LogP) is 3.46. The summed E-state index contributed by atoms with van der Waals surface area (Å²) in [5.74, 6) is 0.533. The van der Waals surface area contributed by atoms with Crippen LogP contribution in [-0.2, 0) is 14.8 Å². The SMILES string of the molecule is O=C(C=Cc1ccc(S(=O)(=O)N2CCCCCC2)cc1)NCCOc1ccccc1. The standard InChI is InChI=1S/C23H28N2O4S/c26-23(24-16-19-29-21-8-4-3-5-9-21)15-12-20-10-13-22(14-11-20)30(27,28)25-17-6-1-2-7-18-25/h3-5,8-15H,1-2,6-7,16-19H2,(H,24,26). The zero-order chi connectivity index (χ0) is 21.2. The minimum atomic E-state index is -3.46. The van der Waals surface area contributed by atoms with Crippen LogP contribution in [0.15, 0.2) is 65.6 Å². The summed E-state index contributed by atoms with van der Waals surface area (Å²) in [4.78, 5) is 12.2. The second-order valence-electron chi connectivity index (χ2n) is 7.17. The van der Waals surface area contributed by atoms with Crippen LogP contribution in [0.3, 0.4) is 0 Å². The van der Waals surface area contributed by atoms with Gasteiger partial charge in [-0.25, -0.2) is 8.42 Å². The van der Waals surface area contributed by atoms with E-state index in [9.17, 15) is 13.2 Å². The van der Waals surface area contributed by atoms with Gasteiger partial charge in [0.2, 0.25) is 15.9 Å². The number of sulfonamides is 1. The smallest absolute Gasteiger partial charge is 0.244 e. The molecule has 0 unspecified atom stereocenters. The van der Waals surface area contributed by atoms with E-state index in [0.29, 0.717) is 31.1 Å². The van der Waals surface area contributed by atoms with Crippen molar-refractivity contribution in [3.8, 4) is 5.75 Å². The third-order valence-electron chi connectivity index (χ3n) is 4.92. The molecule has 0 atom stereocenters. The summed E-state index contributed by atoms with van der Waals surface area (Å²) in [7, 11) is -3.46. The highest BCUT2D eigenvalue weighted by Gasteiger charge is 2.24. The van der Waals surface area contributed by atoms with Crippen LogP contribution in [-0.4, -0.2) is 44.9 Å². The van der Waals surface area contributed by atoms with Crippen molar-refractivity contribution in [1.29, 1.82) is 0 Å². The second kappa shape index (κ2) is 10.9. The van der Waals surface area contributed by atoms with Crippen LogP contribution in [0.25, 0.3) is 6.08 Å². The highest BCUT2D eigenvalue weighted by atomic mass is 32.2. The molecule has 2 aromatic rings. The van der Waals surface area contributed by atoms with Gasteiger partial charge in [0.05, 0.1) is 11.4 Å². The lowest BCUT2D eigenvalue weighted by Gasteiger charge is -2.19. The molecule has 1 fully saturated rings. The summed E-state index contributed by atoms with van der Waals surface area (Å²) < 4.78 is 32.7. The van der Waals surface area contributed by atoms with E-state index in [1.807, 2.05) is 30.3 Å². The number of nitrogens with zero attached hydrogens (tertiary/aromatic N) is 1. The van der Waals surface area contributed by atoms with Gasteiger partial charge < -0.3 is 10.1 Å². The van der Waals surface area contributed by atoms with E-state index in [0.717, 1.165) is 37.0 Å². The molecule has 6 nitrogen and oxygen atoms in total. The first-order valence-corrected chi connectivity index (χ1v) is 11.7. The molecule has 0 spiro atoms. The van der Waals surface area contributed by atoms with Crippen molar-refractivity contribution < 1.29 is 17.9 Å². The number of hydrogen-bond acceptors (Lipinski definition) is 4. The van der Waals surface area contributed by atoms with E-state index in [-0.39, 0.29) is 5.91 Å². The van der Waals surface area contributed by atoms with Crippen LogP contribution < -0.4 is 10.1 Å². The number of ether oxygens (including phenoxy) is 1. The Morgan fingerprint density at radius 3 is 2.30 bits per heavy atom. The Labute approximate surface area is 178 Å². The number of benzene rings is 2. The summed E-state index contributed by atoms with van der Waals surface area (Å²) in [6.45, 7) is 1.94. The Hall–Kier alpha value is -2.64. The molecule has 0 radical (unpaired) electrons. The monoisotopic (exact) mass is 428 g/mol. The van der Waals surface area contributed by atoms with Crippen LogP contribution in [0, 0.1) is 0 Å². The summed E-state index contributed by atoms with van der Waals surface area (Å²) in [6, 6.07) is 16.0. The molecule has 0 bridgehead atoms. The van der Waals surface area contributed by atoms with E-state index < -0.39 is 10.0 Å². The third-order valence-corrected chi connectivity index (χ3v) is 6.84. The lowest BCUT2D eigenvalue weighted by Crippen LogP contribution is -2.31. The molecule has 1 aliphatic heterocycles. The Morgan fingerprint density at radius 1 is 0.967 bits per heavy atom. The molecule has 1 aliphatic rings. The van der Waals surface area contributed by atoms with Crippen molar-refractivity contribution in [2.75, 3.05) is 26.2 Å². The van der Waals surface area contributed by atoms with Gasteiger partial charge in [-0.1, -0.05) is 43.2 Å². The zero-order valence-corrected chi connectivity index (χ0v) is 17.8.